The van der Waals surface area contributed by atoms with E-state index in [9.17, 15) is 4.79 Å². The topological polar surface area (TPSA) is 46.9 Å². The molecular formula is C18H15Cl2N3O. The van der Waals surface area contributed by atoms with Gasteiger partial charge in [-0.25, -0.2) is 9.66 Å². The first kappa shape index (κ1) is 16.6. The van der Waals surface area contributed by atoms with Gasteiger partial charge in [0.25, 0.3) is 5.91 Å². The standard InChI is InChI=1S/C18H15Cl2N3O/c1-11-12(2)23(17(21-11)15-5-3-4-6-16(15)20)22-18(24)13-7-9-14(19)10-8-13/h3-10H,1-2H3,(H,22,24). The summed E-state index contributed by atoms with van der Waals surface area (Å²) in [6.45, 7) is 3.78. The lowest BCUT2D eigenvalue weighted by molar-refractivity contribution is 0.101. The summed E-state index contributed by atoms with van der Waals surface area (Å²) in [5, 5.41) is 1.16. The fraction of sp³-hybridized carbons (Fsp3) is 0.111. The summed E-state index contributed by atoms with van der Waals surface area (Å²) < 4.78 is 1.66. The molecule has 0 atom stereocenters. The molecule has 1 aromatic heterocycles. The van der Waals surface area contributed by atoms with Crippen LogP contribution in [0.1, 0.15) is 21.7 Å². The number of benzene rings is 2. The molecule has 0 fully saturated rings. The Morgan fingerprint density at radius 2 is 1.71 bits per heavy atom. The van der Waals surface area contributed by atoms with E-state index in [0.717, 1.165) is 17.0 Å². The zero-order chi connectivity index (χ0) is 17.3. The van der Waals surface area contributed by atoms with Gasteiger partial charge in [-0.2, -0.15) is 0 Å². The van der Waals surface area contributed by atoms with Crippen molar-refractivity contribution in [2.24, 2.45) is 0 Å². The zero-order valence-corrected chi connectivity index (χ0v) is 14.7. The smallest absolute Gasteiger partial charge is 0.267 e. The van der Waals surface area contributed by atoms with Crippen molar-refractivity contribution in [3.8, 4) is 11.4 Å². The van der Waals surface area contributed by atoms with Crippen molar-refractivity contribution in [3.05, 3.63) is 75.5 Å². The molecule has 24 heavy (non-hydrogen) atoms. The number of aromatic nitrogens is 2. The number of nitrogens with zero attached hydrogens (tertiary/aromatic N) is 2. The van der Waals surface area contributed by atoms with Crippen molar-refractivity contribution in [3.63, 3.8) is 0 Å². The van der Waals surface area contributed by atoms with Crippen molar-refractivity contribution in [2.75, 3.05) is 5.43 Å². The fourth-order valence-corrected chi connectivity index (χ4v) is 2.68. The maximum absolute atomic E-state index is 12.5. The molecular weight excluding hydrogens is 345 g/mol. The Bertz CT molecular complexity index is 901. The summed E-state index contributed by atoms with van der Waals surface area (Å²) in [5.74, 6) is 0.346. The number of hydrogen-bond donors (Lipinski definition) is 1. The summed E-state index contributed by atoms with van der Waals surface area (Å²) in [6, 6.07) is 14.1. The minimum atomic E-state index is -0.250. The molecule has 3 rings (SSSR count). The number of carbonyl (C=O) groups is 1. The Kier molecular flexibility index (Phi) is 4.60. The molecule has 0 saturated heterocycles. The number of aryl methyl sites for hydroxylation is 1. The predicted octanol–water partition coefficient (Wildman–Crippen LogP) is 4.86. The molecule has 122 valence electrons. The number of amides is 1. The molecule has 0 radical (unpaired) electrons. The molecule has 1 heterocycles. The van der Waals surface area contributed by atoms with E-state index in [1.807, 2.05) is 32.0 Å². The number of imidazole rings is 1. The SMILES string of the molecule is Cc1nc(-c2ccccc2Cl)n(NC(=O)c2ccc(Cl)cc2)c1C. The second kappa shape index (κ2) is 6.67. The molecule has 2 aromatic carbocycles. The van der Waals surface area contributed by atoms with Gasteiger partial charge in [-0.1, -0.05) is 35.3 Å². The zero-order valence-electron chi connectivity index (χ0n) is 13.2. The monoisotopic (exact) mass is 359 g/mol. The van der Waals surface area contributed by atoms with Crippen LogP contribution in [0, 0.1) is 13.8 Å². The number of carbonyl (C=O) groups excluding carboxylic acids is 1. The number of halogens is 2. The number of nitrogens with one attached hydrogen (secondary N) is 1. The van der Waals surface area contributed by atoms with E-state index in [4.69, 9.17) is 23.2 Å². The Balaban J connectivity index is 2.00. The molecule has 0 aliphatic heterocycles. The Hall–Kier alpha value is -2.30. The van der Waals surface area contributed by atoms with Crippen LogP contribution < -0.4 is 5.43 Å². The molecule has 1 amide bonds. The van der Waals surface area contributed by atoms with Crippen molar-refractivity contribution in [1.82, 2.24) is 9.66 Å². The maximum atomic E-state index is 12.5. The van der Waals surface area contributed by atoms with E-state index >= 15 is 0 Å². The van der Waals surface area contributed by atoms with E-state index in [1.165, 1.54) is 0 Å². The normalized spacial score (nSPS) is 10.7. The Morgan fingerprint density at radius 1 is 1.04 bits per heavy atom. The number of hydrogen-bond acceptors (Lipinski definition) is 2. The van der Waals surface area contributed by atoms with E-state index in [0.29, 0.717) is 21.4 Å². The van der Waals surface area contributed by atoms with Gasteiger partial charge in [0.05, 0.1) is 16.4 Å². The van der Waals surface area contributed by atoms with E-state index in [2.05, 4.69) is 10.4 Å². The van der Waals surface area contributed by atoms with Crippen LogP contribution in [0.5, 0.6) is 0 Å². The lowest BCUT2D eigenvalue weighted by Gasteiger charge is -2.13. The van der Waals surface area contributed by atoms with Crippen LogP contribution in [-0.2, 0) is 0 Å². The van der Waals surface area contributed by atoms with Gasteiger partial charge in [0.15, 0.2) is 5.82 Å². The highest BCUT2D eigenvalue weighted by atomic mass is 35.5. The van der Waals surface area contributed by atoms with Gasteiger partial charge < -0.3 is 0 Å². The van der Waals surface area contributed by atoms with Crippen LogP contribution in [0.3, 0.4) is 0 Å². The van der Waals surface area contributed by atoms with E-state index in [-0.39, 0.29) is 5.91 Å². The van der Waals surface area contributed by atoms with E-state index in [1.54, 1.807) is 35.0 Å². The average molecular weight is 360 g/mol. The van der Waals surface area contributed by atoms with Crippen molar-refractivity contribution in [1.29, 1.82) is 0 Å². The van der Waals surface area contributed by atoms with Crippen LogP contribution in [0.15, 0.2) is 48.5 Å². The summed E-state index contributed by atoms with van der Waals surface area (Å²) in [6.07, 6.45) is 0. The molecule has 1 N–H and O–H groups in total. The first-order valence-corrected chi connectivity index (χ1v) is 8.10. The van der Waals surface area contributed by atoms with Gasteiger partial charge in [-0.05, 0) is 50.2 Å². The summed E-state index contributed by atoms with van der Waals surface area (Å²) in [4.78, 5) is 17.1. The second-order valence-corrected chi connectivity index (χ2v) is 6.21. The molecule has 6 heteroatoms. The molecule has 0 unspecified atom stereocenters. The molecule has 0 bridgehead atoms. The maximum Gasteiger partial charge on any atom is 0.270 e. The second-order valence-electron chi connectivity index (χ2n) is 5.37. The number of rotatable bonds is 3. The van der Waals surface area contributed by atoms with Crippen LogP contribution in [0.25, 0.3) is 11.4 Å². The Morgan fingerprint density at radius 3 is 2.38 bits per heavy atom. The first-order valence-electron chi connectivity index (χ1n) is 7.35. The van der Waals surface area contributed by atoms with Gasteiger partial charge >= 0.3 is 0 Å². The van der Waals surface area contributed by atoms with Gasteiger partial charge in [-0.15, -0.1) is 0 Å². The summed E-state index contributed by atoms with van der Waals surface area (Å²) >= 11 is 12.1. The fourth-order valence-electron chi connectivity index (χ4n) is 2.34. The van der Waals surface area contributed by atoms with Crippen molar-refractivity contribution in [2.45, 2.75) is 13.8 Å². The largest absolute Gasteiger partial charge is 0.270 e. The van der Waals surface area contributed by atoms with Crippen LogP contribution >= 0.6 is 23.2 Å². The lowest BCUT2D eigenvalue weighted by atomic mass is 10.2. The molecule has 0 saturated carbocycles. The molecule has 0 spiro atoms. The average Bonchev–Trinajstić information content (AvgIpc) is 2.84. The molecule has 0 aliphatic carbocycles. The first-order chi connectivity index (χ1) is 11.5. The molecule has 3 aromatic rings. The third-order valence-corrected chi connectivity index (χ3v) is 4.36. The van der Waals surface area contributed by atoms with Crippen molar-refractivity contribution < 1.29 is 4.79 Å². The third kappa shape index (κ3) is 3.16. The van der Waals surface area contributed by atoms with Gasteiger partial charge in [0, 0.05) is 16.1 Å². The van der Waals surface area contributed by atoms with Crippen molar-refractivity contribution >= 4 is 29.1 Å². The highest BCUT2D eigenvalue weighted by molar-refractivity contribution is 6.33. The quantitative estimate of drug-likeness (QED) is 0.725. The minimum absolute atomic E-state index is 0.250. The van der Waals surface area contributed by atoms with Gasteiger partial charge in [0.2, 0.25) is 0 Å². The van der Waals surface area contributed by atoms with Crippen LogP contribution in [0.4, 0.5) is 0 Å². The lowest BCUT2D eigenvalue weighted by Crippen LogP contribution is -2.24. The highest BCUT2D eigenvalue weighted by Gasteiger charge is 2.17. The van der Waals surface area contributed by atoms with Crippen LogP contribution in [-0.4, -0.2) is 15.6 Å². The molecule has 0 aliphatic rings. The van der Waals surface area contributed by atoms with E-state index < -0.39 is 0 Å². The summed E-state index contributed by atoms with van der Waals surface area (Å²) in [7, 11) is 0. The highest BCUT2D eigenvalue weighted by Crippen LogP contribution is 2.28. The van der Waals surface area contributed by atoms with Gasteiger partial charge in [0.1, 0.15) is 0 Å². The van der Waals surface area contributed by atoms with Gasteiger partial charge in [-0.3, -0.25) is 10.2 Å². The predicted molar refractivity (Wildman–Crippen MR) is 97.3 cm³/mol. The third-order valence-electron chi connectivity index (χ3n) is 3.78. The van der Waals surface area contributed by atoms with Crippen LogP contribution in [0.2, 0.25) is 10.0 Å². The Labute approximate surface area is 150 Å². The molecule has 4 nitrogen and oxygen atoms in total. The summed E-state index contributed by atoms with van der Waals surface area (Å²) in [5.41, 5.74) is 5.80. The minimum Gasteiger partial charge on any atom is -0.267 e.